The molecular weight excluding hydrogens is 89.0 g/mol. The molecule has 0 aliphatic rings. The molecular formula is C2H4FNO2. The minimum atomic E-state index is -0.558. The standard InChI is InChI=1S/C2H4FNO2/c1-2(5)4-6-3/h1H3,(H,4,5). The molecule has 0 radical (unpaired) electrons. The summed E-state index contributed by atoms with van der Waals surface area (Å²) in [5, 5.41) is 2.70. The molecule has 0 spiro atoms. The fourth-order valence-electron chi connectivity index (χ4n) is 0.0543. The van der Waals surface area contributed by atoms with Gasteiger partial charge < -0.3 is 0 Å². The fourth-order valence-corrected chi connectivity index (χ4v) is 0.0543. The Labute approximate surface area is 33.9 Å². The molecule has 0 atom stereocenters. The van der Waals surface area contributed by atoms with E-state index < -0.39 is 5.91 Å². The van der Waals surface area contributed by atoms with Crippen LogP contribution in [-0.4, -0.2) is 5.91 Å². The third-order valence-electron chi connectivity index (χ3n) is 0.182. The van der Waals surface area contributed by atoms with E-state index >= 15 is 0 Å². The van der Waals surface area contributed by atoms with Gasteiger partial charge in [0.2, 0.25) is 5.91 Å². The Morgan fingerprint density at radius 1 is 2.00 bits per heavy atom. The topological polar surface area (TPSA) is 38.3 Å². The molecule has 0 rings (SSSR count). The van der Waals surface area contributed by atoms with Crippen LogP contribution < -0.4 is 5.48 Å². The summed E-state index contributed by atoms with van der Waals surface area (Å²) in [5.74, 6) is -0.558. The summed E-state index contributed by atoms with van der Waals surface area (Å²) in [6, 6.07) is 0. The first-order valence-electron chi connectivity index (χ1n) is 1.31. The van der Waals surface area contributed by atoms with Crippen LogP contribution in [0.25, 0.3) is 0 Å². The third kappa shape index (κ3) is 3.36. The van der Waals surface area contributed by atoms with E-state index in [2.05, 4.69) is 5.04 Å². The second-order valence-electron chi connectivity index (χ2n) is 0.735. The second kappa shape index (κ2) is 2.59. The summed E-state index contributed by atoms with van der Waals surface area (Å²) in [5.41, 5.74) is 1.40. The van der Waals surface area contributed by atoms with E-state index in [0.29, 0.717) is 0 Å². The smallest absolute Gasteiger partial charge is 0.243 e. The van der Waals surface area contributed by atoms with E-state index in [0.717, 1.165) is 6.92 Å². The van der Waals surface area contributed by atoms with Gasteiger partial charge in [-0.2, -0.15) is 5.48 Å². The number of rotatable bonds is 1. The van der Waals surface area contributed by atoms with Crippen LogP contribution in [0.3, 0.4) is 0 Å². The van der Waals surface area contributed by atoms with Crippen molar-refractivity contribution in [2.45, 2.75) is 6.92 Å². The summed E-state index contributed by atoms with van der Waals surface area (Å²) in [4.78, 5) is 9.57. The number of hydrogen-bond acceptors (Lipinski definition) is 2. The Bertz CT molecular complexity index is 55.5. The number of carbonyl (C=O) groups excluding carboxylic acids is 1. The van der Waals surface area contributed by atoms with Gasteiger partial charge in [0, 0.05) is 6.92 Å². The van der Waals surface area contributed by atoms with E-state index in [-0.39, 0.29) is 0 Å². The van der Waals surface area contributed by atoms with E-state index in [1.807, 2.05) is 0 Å². The molecule has 6 heavy (non-hydrogen) atoms. The Balaban J connectivity index is 2.83. The molecule has 0 unspecified atom stereocenters. The van der Waals surface area contributed by atoms with Crippen LogP contribution in [0.15, 0.2) is 0 Å². The molecule has 36 valence electrons. The summed E-state index contributed by atoms with van der Waals surface area (Å²) in [6.07, 6.45) is 0. The number of amides is 1. The van der Waals surface area contributed by atoms with E-state index in [1.54, 1.807) is 0 Å². The molecule has 0 aliphatic heterocycles. The highest BCUT2D eigenvalue weighted by atomic mass is 19.3. The molecule has 0 aromatic heterocycles. The summed E-state index contributed by atoms with van der Waals surface area (Å²) in [7, 11) is 0. The molecule has 0 saturated heterocycles. The predicted molar refractivity (Wildman–Crippen MR) is 16.0 cm³/mol. The SMILES string of the molecule is CC(=O)NOF. The number of carbonyl (C=O) groups is 1. The van der Waals surface area contributed by atoms with Crippen LogP contribution in [0.5, 0.6) is 0 Å². The molecule has 0 aliphatic carbocycles. The van der Waals surface area contributed by atoms with Gasteiger partial charge in [0.25, 0.3) is 0 Å². The van der Waals surface area contributed by atoms with E-state index in [9.17, 15) is 9.32 Å². The molecule has 1 N–H and O–H groups in total. The summed E-state index contributed by atoms with van der Waals surface area (Å²) in [6.45, 7) is 1.14. The molecule has 0 saturated carbocycles. The van der Waals surface area contributed by atoms with Crippen LogP contribution >= 0.6 is 0 Å². The van der Waals surface area contributed by atoms with Gasteiger partial charge in [0.15, 0.2) is 0 Å². The van der Waals surface area contributed by atoms with Crippen molar-refractivity contribution in [2.75, 3.05) is 0 Å². The van der Waals surface area contributed by atoms with Gasteiger partial charge in [0.1, 0.15) is 0 Å². The maximum Gasteiger partial charge on any atom is 0.243 e. The van der Waals surface area contributed by atoms with Gasteiger partial charge >= 0.3 is 0 Å². The molecule has 0 heterocycles. The zero-order valence-electron chi connectivity index (χ0n) is 3.19. The molecule has 0 aromatic carbocycles. The highest BCUT2D eigenvalue weighted by Gasteiger charge is 1.82. The van der Waals surface area contributed by atoms with Crippen molar-refractivity contribution in [3.8, 4) is 0 Å². The van der Waals surface area contributed by atoms with E-state index in [4.69, 9.17) is 0 Å². The lowest BCUT2D eigenvalue weighted by atomic mass is 10.8. The fraction of sp³-hybridized carbons (Fsp3) is 0.500. The average Bonchev–Trinajstić information content (AvgIpc) is 1.35. The van der Waals surface area contributed by atoms with Crippen LogP contribution in [0, 0.1) is 0 Å². The van der Waals surface area contributed by atoms with Gasteiger partial charge in [-0.25, -0.2) is 0 Å². The Hall–Kier alpha value is -0.640. The Kier molecular flexibility index (Phi) is 2.31. The molecule has 1 amide bonds. The van der Waals surface area contributed by atoms with E-state index in [1.165, 1.54) is 5.48 Å². The number of hydrogen-bond donors (Lipinski definition) is 1. The predicted octanol–water partition coefficient (Wildman–Crippen LogP) is -0.0614. The monoisotopic (exact) mass is 93.0 g/mol. The molecule has 3 nitrogen and oxygen atoms in total. The van der Waals surface area contributed by atoms with Gasteiger partial charge in [-0.05, 0) is 4.53 Å². The van der Waals surface area contributed by atoms with Gasteiger partial charge in [-0.1, -0.05) is 5.04 Å². The quantitative estimate of drug-likeness (QED) is 0.461. The first kappa shape index (κ1) is 5.36. The van der Waals surface area contributed by atoms with Gasteiger partial charge in [-0.3, -0.25) is 4.79 Å². The van der Waals surface area contributed by atoms with Crippen molar-refractivity contribution in [1.29, 1.82) is 0 Å². The summed E-state index contributed by atoms with van der Waals surface area (Å²) < 4.78 is 10.4. The highest BCUT2D eigenvalue weighted by Crippen LogP contribution is 1.61. The number of nitrogens with one attached hydrogen (secondary N) is 1. The number of halogens is 1. The van der Waals surface area contributed by atoms with Crippen LogP contribution in [0.2, 0.25) is 0 Å². The highest BCUT2D eigenvalue weighted by molar-refractivity contribution is 5.71. The second-order valence-corrected chi connectivity index (χ2v) is 0.735. The minimum Gasteiger partial charge on any atom is -0.273 e. The van der Waals surface area contributed by atoms with Crippen molar-refractivity contribution in [3.05, 3.63) is 0 Å². The van der Waals surface area contributed by atoms with Crippen LogP contribution in [0.1, 0.15) is 6.92 Å². The Morgan fingerprint density at radius 2 is 2.50 bits per heavy atom. The zero-order chi connectivity index (χ0) is 4.99. The van der Waals surface area contributed by atoms with Gasteiger partial charge in [-0.15, -0.1) is 0 Å². The third-order valence-corrected chi connectivity index (χ3v) is 0.182. The molecule has 0 fully saturated rings. The van der Waals surface area contributed by atoms with Crippen LogP contribution in [-0.2, 0) is 9.84 Å². The largest absolute Gasteiger partial charge is 0.273 e. The summed E-state index contributed by atoms with van der Waals surface area (Å²) >= 11 is 0. The lowest BCUT2D eigenvalue weighted by Gasteiger charge is -1.84. The van der Waals surface area contributed by atoms with Crippen molar-refractivity contribution < 1.29 is 14.4 Å². The number of hydroxylamine groups is 1. The first-order valence-corrected chi connectivity index (χ1v) is 1.31. The molecule has 0 bridgehead atoms. The van der Waals surface area contributed by atoms with Crippen molar-refractivity contribution in [1.82, 2.24) is 5.48 Å². The lowest BCUT2D eigenvalue weighted by Crippen LogP contribution is -2.15. The molecule has 4 heteroatoms. The maximum absolute atomic E-state index is 10.4. The van der Waals surface area contributed by atoms with Crippen molar-refractivity contribution in [3.63, 3.8) is 0 Å². The minimum absolute atomic E-state index is 0.558. The zero-order valence-corrected chi connectivity index (χ0v) is 3.19. The van der Waals surface area contributed by atoms with Crippen molar-refractivity contribution >= 4 is 5.91 Å². The van der Waals surface area contributed by atoms with Crippen LogP contribution in [0.4, 0.5) is 4.53 Å². The van der Waals surface area contributed by atoms with Gasteiger partial charge in [0.05, 0.1) is 0 Å². The average molecular weight is 93.1 g/mol. The molecule has 0 aromatic rings. The normalized spacial score (nSPS) is 7.67. The lowest BCUT2D eigenvalue weighted by molar-refractivity contribution is -0.197. The first-order chi connectivity index (χ1) is 2.77. The Morgan fingerprint density at radius 3 is 2.50 bits per heavy atom. The maximum atomic E-state index is 10.4. The van der Waals surface area contributed by atoms with Crippen molar-refractivity contribution in [2.24, 2.45) is 0 Å².